The molecule has 3 heteroatoms. The molecule has 0 unspecified atom stereocenters. The van der Waals surface area contributed by atoms with Gasteiger partial charge in [0.1, 0.15) is 0 Å². The predicted octanol–water partition coefficient (Wildman–Crippen LogP) is 4.62. The highest BCUT2D eigenvalue weighted by Crippen LogP contribution is 2.34. The number of aryl methyl sites for hydroxylation is 2. The summed E-state index contributed by atoms with van der Waals surface area (Å²) in [6.07, 6.45) is 1.02. The molecule has 0 aliphatic carbocycles. The maximum absolute atomic E-state index is 12.8. The van der Waals surface area contributed by atoms with Gasteiger partial charge >= 0.3 is 0 Å². The van der Waals surface area contributed by atoms with E-state index in [9.17, 15) is 4.79 Å². The number of carbonyl (C=O) groups excluding carboxylic acids is 1. The Morgan fingerprint density at radius 1 is 1.04 bits per heavy atom. The van der Waals surface area contributed by atoms with Gasteiger partial charge in [-0.1, -0.05) is 47.5 Å². The molecule has 1 saturated heterocycles. The van der Waals surface area contributed by atoms with E-state index in [-0.39, 0.29) is 5.91 Å². The highest BCUT2D eigenvalue weighted by molar-refractivity contribution is 7.99. The SMILES string of the molecule is Cc1cc(C)cc(C(=O)N2CCS[C@H](c3ccccc3)CC2)c1. The summed E-state index contributed by atoms with van der Waals surface area (Å²) in [5.74, 6) is 1.17. The van der Waals surface area contributed by atoms with Crippen LogP contribution in [-0.4, -0.2) is 29.6 Å². The van der Waals surface area contributed by atoms with E-state index < -0.39 is 0 Å². The number of hydrogen-bond donors (Lipinski definition) is 0. The van der Waals surface area contributed by atoms with Crippen molar-refractivity contribution in [1.82, 2.24) is 4.90 Å². The third-order valence-electron chi connectivity index (χ3n) is 4.27. The molecule has 2 aromatic carbocycles. The predicted molar refractivity (Wildman–Crippen MR) is 98.1 cm³/mol. The molecule has 3 rings (SSSR count). The van der Waals surface area contributed by atoms with Crippen LogP contribution in [0.4, 0.5) is 0 Å². The zero-order valence-electron chi connectivity index (χ0n) is 13.8. The first-order chi connectivity index (χ1) is 11.1. The van der Waals surface area contributed by atoms with Gasteiger partial charge in [0.05, 0.1) is 0 Å². The van der Waals surface area contributed by atoms with Gasteiger partial charge in [-0.25, -0.2) is 0 Å². The molecule has 23 heavy (non-hydrogen) atoms. The number of thioether (sulfide) groups is 1. The molecular weight excluding hydrogens is 302 g/mol. The van der Waals surface area contributed by atoms with Crippen LogP contribution < -0.4 is 0 Å². The van der Waals surface area contributed by atoms with Gasteiger partial charge in [-0.05, 0) is 38.0 Å². The van der Waals surface area contributed by atoms with Crippen molar-refractivity contribution in [3.63, 3.8) is 0 Å². The summed E-state index contributed by atoms with van der Waals surface area (Å²) >= 11 is 1.97. The van der Waals surface area contributed by atoms with E-state index in [0.717, 1.165) is 42.0 Å². The van der Waals surface area contributed by atoms with Crippen molar-refractivity contribution in [1.29, 1.82) is 0 Å². The first kappa shape index (κ1) is 16.1. The van der Waals surface area contributed by atoms with Crippen LogP contribution in [0.2, 0.25) is 0 Å². The van der Waals surface area contributed by atoms with E-state index in [1.165, 1.54) is 5.56 Å². The van der Waals surface area contributed by atoms with E-state index in [0.29, 0.717) is 5.25 Å². The Bertz CT molecular complexity index is 663. The smallest absolute Gasteiger partial charge is 0.253 e. The normalized spacial score (nSPS) is 18.5. The molecule has 1 aliphatic rings. The Kier molecular flexibility index (Phi) is 5.06. The van der Waals surface area contributed by atoms with Crippen LogP contribution in [0.5, 0.6) is 0 Å². The van der Waals surface area contributed by atoms with Gasteiger partial charge in [-0.15, -0.1) is 0 Å². The molecule has 1 atom stereocenters. The first-order valence-corrected chi connectivity index (χ1v) is 9.22. The topological polar surface area (TPSA) is 20.3 Å². The highest BCUT2D eigenvalue weighted by atomic mass is 32.2. The lowest BCUT2D eigenvalue weighted by Gasteiger charge is -2.21. The fourth-order valence-electron chi connectivity index (χ4n) is 3.19. The van der Waals surface area contributed by atoms with E-state index in [1.807, 2.05) is 42.6 Å². The molecule has 2 aromatic rings. The molecule has 1 fully saturated rings. The Morgan fingerprint density at radius 2 is 1.74 bits per heavy atom. The molecule has 0 radical (unpaired) electrons. The van der Waals surface area contributed by atoms with Crippen molar-refractivity contribution in [2.75, 3.05) is 18.8 Å². The summed E-state index contributed by atoms with van der Waals surface area (Å²) < 4.78 is 0. The van der Waals surface area contributed by atoms with E-state index in [4.69, 9.17) is 0 Å². The number of hydrogen-bond acceptors (Lipinski definition) is 2. The van der Waals surface area contributed by atoms with E-state index in [2.05, 4.69) is 36.4 Å². The van der Waals surface area contributed by atoms with Crippen molar-refractivity contribution in [2.24, 2.45) is 0 Å². The maximum atomic E-state index is 12.8. The molecule has 120 valence electrons. The maximum Gasteiger partial charge on any atom is 0.253 e. The lowest BCUT2D eigenvalue weighted by molar-refractivity contribution is 0.0766. The van der Waals surface area contributed by atoms with Crippen LogP contribution >= 0.6 is 11.8 Å². The van der Waals surface area contributed by atoms with Gasteiger partial charge in [-0.3, -0.25) is 4.79 Å². The summed E-state index contributed by atoms with van der Waals surface area (Å²) in [4.78, 5) is 14.8. The molecule has 1 amide bonds. The molecule has 0 aromatic heterocycles. The van der Waals surface area contributed by atoms with Crippen LogP contribution in [0.1, 0.15) is 38.7 Å². The van der Waals surface area contributed by atoms with E-state index >= 15 is 0 Å². The van der Waals surface area contributed by atoms with Gasteiger partial charge in [-0.2, -0.15) is 11.8 Å². The largest absolute Gasteiger partial charge is 0.338 e. The Labute approximate surface area is 142 Å². The second-order valence-electron chi connectivity index (χ2n) is 6.23. The summed E-state index contributed by atoms with van der Waals surface area (Å²) in [6.45, 7) is 5.76. The Morgan fingerprint density at radius 3 is 2.43 bits per heavy atom. The molecule has 2 nitrogen and oxygen atoms in total. The van der Waals surface area contributed by atoms with Gasteiger partial charge in [0.25, 0.3) is 5.91 Å². The van der Waals surface area contributed by atoms with Crippen molar-refractivity contribution in [2.45, 2.75) is 25.5 Å². The standard InChI is InChI=1S/C20H23NOS/c1-15-12-16(2)14-18(13-15)20(22)21-9-8-19(23-11-10-21)17-6-4-3-5-7-17/h3-7,12-14,19H,8-11H2,1-2H3/t19-/m0/s1. The molecule has 1 heterocycles. The lowest BCUT2D eigenvalue weighted by atomic mass is 10.1. The molecule has 0 saturated carbocycles. The quantitative estimate of drug-likeness (QED) is 0.803. The number of carbonyl (C=O) groups is 1. The first-order valence-electron chi connectivity index (χ1n) is 8.17. The van der Waals surface area contributed by atoms with Crippen LogP contribution in [0.15, 0.2) is 48.5 Å². The zero-order chi connectivity index (χ0) is 16.2. The van der Waals surface area contributed by atoms with Crippen molar-refractivity contribution >= 4 is 17.7 Å². The van der Waals surface area contributed by atoms with Gasteiger partial charge in [0.15, 0.2) is 0 Å². The summed E-state index contributed by atoms with van der Waals surface area (Å²) in [5.41, 5.74) is 4.50. The highest BCUT2D eigenvalue weighted by Gasteiger charge is 2.23. The Balaban J connectivity index is 1.71. The molecular formula is C20H23NOS. The average molecular weight is 325 g/mol. The minimum atomic E-state index is 0.172. The second-order valence-corrected chi connectivity index (χ2v) is 7.54. The third kappa shape index (κ3) is 3.97. The zero-order valence-corrected chi connectivity index (χ0v) is 14.6. The molecule has 0 spiro atoms. The van der Waals surface area contributed by atoms with Crippen molar-refractivity contribution in [3.05, 3.63) is 70.8 Å². The van der Waals surface area contributed by atoms with Crippen LogP contribution in [0.25, 0.3) is 0 Å². The summed E-state index contributed by atoms with van der Waals surface area (Å²) in [6, 6.07) is 16.8. The molecule has 1 aliphatic heterocycles. The van der Waals surface area contributed by atoms with Crippen molar-refractivity contribution in [3.8, 4) is 0 Å². The van der Waals surface area contributed by atoms with Gasteiger partial charge in [0.2, 0.25) is 0 Å². The van der Waals surface area contributed by atoms with Crippen LogP contribution in [0, 0.1) is 13.8 Å². The number of amides is 1. The molecule has 0 bridgehead atoms. The number of rotatable bonds is 2. The number of nitrogens with zero attached hydrogens (tertiary/aromatic N) is 1. The number of benzene rings is 2. The minimum absolute atomic E-state index is 0.172. The third-order valence-corrected chi connectivity index (χ3v) is 5.60. The second kappa shape index (κ2) is 7.22. The summed E-state index contributed by atoms with van der Waals surface area (Å²) in [5, 5.41) is 0.494. The molecule has 0 N–H and O–H groups in total. The van der Waals surface area contributed by atoms with Crippen LogP contribution in [-0.2, 0) is 0 Å². The minimum Gasteiger partial charge on any atom is -0.338 e. The monoisotopic (exact) mass is 325 g/mol. The van der Waals surface area contributed by atoms with Crippen LogP contribution in [0.3, 0.4) is 0 Å². The van der Waals surface area contributed by atoms with E-state index in [1.54, 1.807) is 0 Å². The fourth-order valence-corrected chi connectivity index (χ4v) is 4.42. The van der Waals surface area contributed by atoms with Gasteiger partial charge in [0, 0.05) is 29.7 Å². The lowest BCUT2D eigenvalue weighted by Crippen LogP contribution is -2.33. The van der Waals surface area contributed by atoms with Crippen molar-refractivity contribution < 1.29 is 4.79 Å². The Hall–Kier alpha value is -1.74. The fraction of sp³-hybridized carbons (Fsp3) is 0.350. The average Bonchev–Trinajstić information content (AvgIpc) is 2.80. The summed E-state index contributed by atoms with van der Waals surface area (Å²) in [7, 11) is 0. The van der Waals surface area contributed by atoms with Gasteiger partial charge < -0.3 is 4.90 Å².